The van der Waals surface area contributed by atoms with Gasteiger partial charge < -0.3 is 23.5 Å². The molecule has 0 radical (unpaired) electrons. The maximum atomic E-state index is 6.47. The molecule has 1 aliphatic heterocycles. The zero-order valence-electron chi connectivity index (χ0n) is 21.9. The molecule has 2 heterocycles. The molecule has 6 rings (SSSR count). The molecule has 0 amide bonds. The van der Waals surface area contributed by atoms with Crippen LogP contribution in [0, 0.1) is 0 Å². The molecule has 5 aromatic rings. The molecule has 0 spiro atoms. The minimum atomic E-state index is -0.217. The number of rotatable bonds is 9. The van der Waals surface area contributed by atoms with Crippen LogP contribution in [0.3, 0.4) is 0 Å². The first-order chi connectivity index (χ1) is 19.1. The molecule has 1 aromatic heterocycles. The molecule has 0 atom stereocenters. The van der Waals surface area contributed by atoms with Gasteiger partial charge in [0.05, 0.1) is 41.4 Å². The van der Waals surface area contributed by atoms with Crippen LogP contribution in [0.4, 0.5) is 0 Å². The van der Waals surface area contributed by atoms with Gasteiger partial charge in [-0.05, 0) is 52.2 Å². The molecule has 1 saturated heterocycles. The fourth-order valence-electron chi connectivity index (χ4n) is 4.91. The standard InChI is InChI=1S/C32H29BrN2O4/c1-32(20-37-21-32)35-26-16-10-9-15-25(26)34-31(35)24-17-27(36-2)29(38-18-22-11-5-3-6-12-22)30(28(24)33)39-19-23-13-7-4-8-14-23/h3-17H,18-21H2,1-2H3. The van der Waals surface area contributed by atoms with Crippen LogP contribution in [0.5, 0.6) is 17.2 Å². The Labute approximate surface area is 236 Å². The molecule has 39 heavy (non-hydrogen) atoms. The van der Waals surface area contributed by atoms with Gasteiger partial charge in [0.2, 0.25) is 5.75 Å². The molecular weight excluding hydrogens is 556 g/mol. The van der Waals surface area contributed by atoms with Crippen LogP contribution in [0.15, 0.2) is 95.5 Å². The first kappa shape index (κ1) is 25.5. The number of hydrogen-bond donors (Lipinski definition) is 0. The van der Waals surface area contributed by atoms with Gasteiger partial charge in [0.1, 0.15) is 19.0 Å². The van der Waals surface area contributed by atoms with Gasteiger partial charge in [-0.25, -0.2) is 4.98 Å². The van der Waals surface area contributed by atoms with E-state index in [1.807, 2.05) is 84.9 Å². The second-order valence-electron chi connectivity index (χ2n) is 9.90. The predicted molar refractivity (Wildman–Crippen MR) is 155 cm³/mol. The minimum absolute atomic E-state index is 0.217. The number of para-hydroxylation sites is 2. The number of aromatic nitrogens is 2. The van der Waals surface area contributed by atoms with E-state index < -0.39 is 0 Å². The fraction of sp³-hybridized carbons (Fsp3) is 0.219. The van der Waals surface area contributed by atoms with Gasteiger partial charge in [0, 0.05) is 5.56 Å². The predicted octanol–water partition coefficient (Wildman–Crippen LogP) is 7.38. The van der Waals surface area contributed by atoms with Gasteiger partial charge in [0.15, 0.2) is 11.5 Å². The summed E-state index contributed by atoms with van der Waals surface area (Å²) in [5.74, 6) is 2.48. The normalized spacial score (nSPS) is 14.1. The lowest BCUT2D eigenvalue weighted by Gasteiger charge is -2.41. The Kier molecular flexibility index (Phi) is 7.02. The Morgan fingerprint density at radius 3 is 2.03 bits per heavy atom. The third-order valence-electron chi connectivity index (χ3n) is 6.98. The molecule has 0 aliphatic carbocycles. The van der Waals surface area contributed by atoms with Gasteiger partial charge in [-0.3, -0.25) is 0 Å². The maximum Gasteiger partial charge on any atom is 0.205 e. The van der Waals surface area contributed by atoms with Gasteiger partial charge in [-0.15, -0.1) is 0 Å². The molecule has 7 heteroatoms. The van der Waals surface area contributed by atoms with E-state index in [4.69, 9.17) is 23.9 Å². The van der Waals surface area contributed by atoms with E-state index in [0.29, 0.717) is 43.7 Å². The Bertz CT molecular complexity index is 1600. The highest BCUT2D eigenvalue weighted by molar-refractivity contribution is 9.10. The molecule has 4 aromatic carbocycles. The lowest BCUT2D eigenvalue weighted by molar-refractivity contribution is -0.0868. The summed E-state index contributed by atoms with van der Waals surface area (Å²) in [5.41, 5.74) is 4.71. The van der Waals surface area contributed by atoms with Crippen LogP contribution in [0.2, 0.25) is 0 Å². The number of ether oxygens (including phenoxy) is 4. The summed E-state index contributed by atoms with van der Waals surface area (Å²) in [6, 6.07) is 30.3. The molecule has 0 saturated carbocycles. The van der Waals surface area contributed by atoms with Crippen molar-refractivity contribution in [2.45, 2.75) is 25.7 Å². The molecule has 1 fully saturated rings. The lowest BCUT2D eigenvalue weighted by Crippen LogP contribution is -2.49. The van der Waals surface area contributed by atoms with E-state index >= 15 is 0 Å². The monoisotopic (exact) mass is 584 g/mol. The van der Waals surface area contributed by atoms with Crippen molar-refractivity contribution in [3.8, 4) is 28.6 Å². The Morgan fingerprint density at radius 1 is 0.846 bits per heavy atom. The van der Waals surface area contributed by atoms with E-state index in [0.717, 1.165) is 38.0 Å². The van der Waals surface area contributed by atoms with E-state index in [9.17, 15) is 0 Å². The van der Waals surface area contributed by atoms with Crippen molar-refractivity contribution in [3.63, 3.8) is 0 Å². The third kappa shape index (κ3) is 4.88. The number of imidazole rings is 1. The van der Waals surface area contributed by atoms with E-state index in [2.05, 4.69) is 33.5 Å². The fourth-order valence-corrected chi connectivity index (χ4v) is 5.50. The highest BCUT2D eigenvalue weighted by Crippen LogP contribution is 2.50. The van der Waals surface area contributed by atoms with Crippen LogP contribution < -0.4 is 14.2 Å². The number of halogens is 1. The van der Waals surface area contributed by atoms with Crippen molar-refractivity contribution in [2.24, 2.45) is 0 Å². The smallest absolute Gasteiger partial charge is 0.205 e. The summed E-state index contributed by atoms with van der Waals surface area (Å²) in [6.45, 7) is 4.17. The van der Waals surface area contributed by atoms with Crippen LogP contribution in [0.1, 0.15) is 18.1 Å². The number of methoxy groups -OCH3 is 1. The van der Waals surface area contributed by atoms with Crippen molar-refractivity contribution in [1.29, 1.82) is 0 Å². The number of fused-ring (bicyclic) bond motifs is 1. The summed E-state index contributed by atoms with van der Waals surface area (Å²) in [7, 11) is 1.65. The number of hydrogen-bond acceptors (Lipinski definition) is 5. The highest BCUT2D eigenvalue weighted by atomic mass is 79.9. The van der Waals surface area contributed by atoms with Crippen LogP contribution in [0.25, 0.3) is 22.4 Å². The van der Waals surface area contributed by atoms with Crippen molar-refractivity contribution >= 4 is 27.0 Å². The first-order valence-corrected chi connectivity index (χ1v) is 13.7. The molecule has 0 bridgehead atoms. The summed E-state index contributed by atoms with van der Waals surface area (Å²) in [6.07, 6.45) is 0. The molecular formula is C32H29BrN2O4. The summed E-state index contributed by atoms with van der Waals surface area (Å²) < 4.78 is 27.4. The van der Waals surface area contributed by atoms with Crippen molar-refractivity contribution < 1.29 is 18.9 Å². The molecule has 0 unspecified atom stereocenters. The quantitative estimate of drug-likeness (QED) is 0.181. The molecule has 1 aliphatic rings. The Hall–Kier alpha value is -3.81. The van der Waals surface area contributed by atoms with E-state index in [1.54, 1.807) is 7.11 Å². The van der Waals surface area contributed by atoms with Crippen molar-refractivity contribution in [3.05, 3.63) is 107 Å². The van der Waals surface area contributed by atoms with Gasteiger partial charge >= 0.3 is 0 Å². The maximum absolute atomic E-state index is 6.47. The molecule has 0 N–H and O–H groups in total. The molecule has 6 nitrogen and oxygen atoms in total. The summed E-state index contributed by atoms with van der Waals surface area (Å²) >= 11 is 3.88. The SMILES string of the molecule is COc1cc(-c2nc3ccccc3n2C2(C)COC2)c(Br)c(OCc2ccccc2)c1OCc1ccccc1. The summed E-state index contributed by atoms with van der Waals surface area (Å²) in [4.78, 5) is 5.08. The van der Waals surface area contributed by atoms with E-state index in [1.165, 1.54) is 0 Å². The topological polar surface area (TPSA) is 54.7 Å². The largest absolute Gasteiger partial charge is 0.493 e. The second kappa shape index (κ2) is 10.8. The van der Waals surface area contributed by atoms with E-state index in [-0.39, 0.29) is 5.54 Å². The average Bonchev–Trinajstić information content (AvgIpc) is 3.35. The minimum Gasteiger partial charge on any atom is -0.493 e. The van der Waals surface area contributed by atoms with Crippen LogP contribution in [-0.2, 0) is 23.5 Å². The van der Waals surface area contributed by atoms with Gasteiger partial charge in [0.25, 0.3) is 0 Å². The number of nitrogens with zero attached hydrogens (tertiary/aromatic N) is 2. The van der Waals surface area contributed by atoms with Crippen LogP contribution in [-0.4, -0.2) is 29.9 Å². The third-order valence-corrected chi connectivity index (χ3v) is 7.77. The highest BCUT2D eigenvalue weighted by Gasteiger charge is 2.39. The lowest BCUT2D eigenvalue weighted by atomic mass is 9.98. The van der Waals surface area contributed by atoms with Crippen LogP contribution >= 0.6 is 15.9 Å². The Balaban J connectivity index is 1.50. The van der Waals surface area contributed by atoms with Crippen molar-refractivity contribution in [2.75, 3.05) is 20.3 Å². The van der Waals surface area contributed by atoms with Gasteiger partial charge in [-0.2, -0.15) is 0 Å². The zero-order chi connectivity index (χ0) is 26.8. The second-order valence-corrected chi connectivity index (χ2v) is 10.7. The first-order valence-electron chi connectivity index (χ1n) is 12.9. The van der Waals surface area contributed by atoms with Gasteiger partial charge in [-0.1, -0.05) is 72.8 Å². The average molecular weight is 585 g/mol. The molecule has 198 valence electrons. The Morgan fingerprint density at radius 2 is 1.44 bits per heavy atom. The number of benzene rings is 4. The zero-order valence-corrected chi connectivity index (χ0v) is 23.5. The van der Waals surface area contributed by atoms with Crippen molar-refractivity contribution in [1.82, 2.24) is 9.55 Å². The summed E-state index contributed by atoms with van der Waals surface area (Å²) in [5, 5.41) is 0.